The summed E-state index contributed by atoms with van der Waals surface area (Å²) in [5, 5.41) is 7.15. The zero-order chi connectivity index (χ0) is 22.5. The smallest absolute Gasteiger partial charge is 0.407 e. The Morgan fingerprint density at radius 2 is 1.55 bits per heavy atom. The summed E-state index contributed by atoms with van der Waals surface area (Å²) < 4.78 is 13.2. The van der Waals surface area contributed by atoms with Crippen molar-refractivity contribution in [2.24, 2.45) is 0 Å². The highest BCUT2D eigenvalue weighted by atomic mass is 35.5. The molecule has 0 radical (unpaired) electrons. The molecule has 0 unspecified atom stereocenters. The van der Waals surface area contributed by atoms with Crippen LogP contribution in [0.3, 0.4) is 0 Å². The molecule has 3 rings (SSSR count). The number of carbonyl (C=O) groups is 2. The summed E-state index contributed by atoms with van der Waals surface area (Å²) >= 11 is 7.79. The van der Waals surface area contributed by atoms with Crippen LogP contribution < -0.4 is 10.6 Å². The molecule has 0 aliphatic carbocycles. The van der Waals surface area contributed by atoms with Gasteiger partial charge in [0.25, 0.3) is 0 Å². The van der Waals surface area contributed by atoms with Gasteiger partial charge in [0.05, 0.1) is 10.7 Å². The first-order valence-corrected chi connectivity index (χ1v) is 11.6. The molecule has 0 spiro atoms. The highest BCUT2D eigenvalue weighted by Gasteiger charge is 2.28. The molecule has 0 fully saturated rings. The minimum absolute atomic E-state index is 0.0196. The highest BCUT2D eigenvalue weighted by Crippen LogP contribution is 2.41. The summed E-state index contributed by atoms with van der Waals surface area (Å²) in [5.74, 6) is 0.927. The maximum atomic E-state index is 12.1. The van der Waals surface area contributed by atoms with Crippen molar-refractivity contribution in [1.82, 2.24) is 15.2 Å². The van der Waals surface area contributed by atoms with Crippen LogP contribution in [0.5, 0.6) is 0 Å². The van der Waals surface area contributed by atoms with Gasteiger partial charge in [-0.2, -0.15) is 0 Å². The van der Waals surface area contributed by atoms with Gasteiger partial charge in [-0.1, -0.05) is 23.7 Å². The third kappa shape index (κ3) is 5.89. The van der Waals surface area contributed by atoms with Crippen LogP contribution in [0.15, 0.2) is 29.3 Å². The number of nitrogens with one attached hydrogen (secondary N) is 2. The van der Waals surface area contributed by atoms with Gasteiger partial charge in [-0.05, 0) is 45.4 Å². The molecule has 2 heterocycles. The lowest BCUT2D eigenvalue weighted by atomic mass is 10.1. The number of ether oxygens (including phenoxy) is 2. The van der Waals surface area contributed by atoms with E-state index >= 15 is 0 Å². The molecule has 1 aliphatic heterocycles. The van der Waals surface area contributed by atoms with Gasteiger partial charge in [-0.25, -0.2) is 9.59 Å². The quantitative estimate of drug-likeness (QED) is 0.588. The van der Waals surface area contributed by atoms with Crippen LogP contribution in [0.25, 0.3) is 11.3 Å². The Hall–Kier alpha value is -2.32. The normalized spacial score (nSPS) is 12.7. The van der Waals surface area contributed by atoms with Gasteiger partial charge < -0.3 is 24.7 Å². The SMILES string of the molecule is CC(C)NC(=O)OCc1c(COC(=O)NC(C)C)c(-c2ccc(Cl)cc2)n2c1SCC2. The number of hydrogen-bond acceptors (Lipinski definition) is 5. The predicted molar refractivity (Wildman–Crippen MR) is 123 cm³/mol. The van der Waals surface area contributed by atoms with Crippen molar-refractivity contribution >= 4 is 35.5 Å². The second-order valence-corrected chi connectivity index (χ2v) is 9.39. The lowest BCUT2D eigenvalue weighted by Crippen LogP contribution is -2.31. The Morgan fingerprint density at radius 3 is 2.10 bits per heavy atom. The second kappa shape index (κ2) is 10.3. The maximum absolute atomic E-state index is 12.1. The number of aromatic nitrogens is 1. The maximum Gasteiger partial charge on any atom is 0.407 e. The van der Waals surface area contributed by atoms with Gasteiger partial charge in [0.15, 0.2) is 0 Å². The zero-order valence-corrected chi connectivity index (χ0v) is 19.7. The molecular weight excluding hydrogens is 438 g/mol. The molecule has 0 saturated carbocycles. The Kier molecular flexibility index (Phi) is 7.78. The van der Waals surface area contributed by atoms with Gasteiger partial charge in [-0.15, -0.1) is 11.8 Å². The number of halogens is 1. The Bertz CT molecular complexity index is 941. The van der Waals surface area contributed by atoms with Gasteiger partial charge in [0, 0.05) is 40.5 Å². The average molecular weight is 466 g/mol. The van der Waals surface area contributed by atoms with E-state index in [4.69, 9.17) is 21.1 Å². The van der Waals surface area contributed by atoms with Crippen molar-refractivity contribution in [3.63, 3.8) is 0 Å². The highest BCUT2D eigenvalue weighted by molar-refractivity contribution is 7.99. The summed E-state index contributed by atoms with van der Waals surface area (Å²) in [6.45, 7) is 8.48. The molecule has 9 heteroatoms. The first-order chi connectivity index (χ1) is 14.8. The van der Waals surface area contributed by atoms with Crippen molar-refractivity contribution in [2.45, 2.75) is 64.6 Å². The molecule has 2 amide bonds. The molecule has 1 aliphatic rings. The van der Waals surface area contributed by atoms with Crippen LogP contribution in [-0.2, 0) is 29.2 Å². The van der Waals surface area contributed by atoms with Gasteiger partial charge in [-0.3, -0.25) is 0 Å². The molecule has 1 aromatic heterocycles. The van der Waals surface area contributed by atoms with Crippen molar-refractivity contribution in [2.75, 3.05) is 5.75 Å². The van der Waals surface area contributed by atoms with E-state index in [9.17, 15) is 9.59 Å². The van der Waals surface area contributed by atoms with E-state index in [1.54, 1.807) is 11.8 Å². The van der Waals surface area contributed by atoms with E-state index in [2.05, 4.69) is 15.2 Å². The summed E-state index contributed by atoms with van der Waals surface area (Å²) in [7, 11) is 0. The van der Waals surface area contributed by atoms with E-state index in [1.807, 2.05) is 52.0 Å². The number of nitrogens with zero attached hydrogens (tertiary/aromatic N) is 1. The standard InChI is InChI=1S/C22H28ClN3O4S/c1-13(2)24-21(27)29-11-17-18(12-30-22(28)25-14(3)4)20-26(9-10-31-20)19(17)15-5-7-16(23)8-6-15/h5-8,13-14H,9-12H2,1-4H3,(H,24,27)(H,25,28). The van der Waals surface area contributed by atoms with E-state index < -0.39 is 12.2 Å². The monoisotopic (exact) mass is 465 g/mol. The number of alkyl carbamates (subject to hydrolysis) is 2. The summed E-state index contributed by atoms with van der Waals surface area (Å²) in [4.78, 5) is 24.2. The van der Waals surface area contributed by atoms with Gasteiger partial charge in [0.2, 0.25) is 0 Å². The van der Waals surface area contributed by atoms with E-state index in [-0.39, 0.29) is 25.3 Å². The molecule has 2 aromatic rings. The van der Waals surface area contributed by atoms with Crippen LogP contribution in [0.1, 0.15) is 38.8 Å². The first kappa shape index (κ1) is 23.3. The van der Waals surface area contributed by atoms with Crippen LogP contribution in [-0.4, -0.2) is 34.6 Å². The molecule has 31 heavy (non-hydrogen) atoms. The molecule has 0 saturated heterocycles. The average Bonchev–Trinajstić information content (AvgIpc) is 3.25. The van der Waals surface area contributed by atoms with E-state index in [0.29, 0.717) is 5.02 Å². The fraction of sp³-hybridized carbons (Fsp3) is 0.455. The fourth-order valence-electron chi connectivity index (χ4n) is 3.38. The number of carbonyl (C=O) groups excluding carboxylic acids is 2. The van der Waals surface area contributed by atoms with E-state index in [0.717, 1.165) is 39.7 Å². The van der Waals surface area contributed by atoms with Crippen molar-refractivity contribution in [3.8, 4) is 11.3 Å². The van der Waals surface area contributed by atoms with Crippen molar-refractivity contribution in [1.29, 1.82) is 0 Å². The molecule has 1 aromatic carbocycles. The summed E-state index contributed by atoms with van der Waals surface area (Å²) in [5.41, 5.74) is 3.62. The minimum Gasteiger partial charge on any atom is -0.445 e. The fourth-order valence-corrected chi connectivity index (χ4v) is 4.67. The molecule has 0 bridgehead atoms. The minimum atomic E-state index is -0.486. The Morgan fingerprint density at radius 1 is 1.00 bits per heavy atom. The number of fused-ring (bicyclic) bond motifs is 1. The van der Waals surface area contributed by atoms with Crippen molar-refractivity contribution in [3.05, 3.63) is 40.4 Å². The Labute approximate surface area is 191 Å². The molecule has 2 N–H and O–H groups in total. The van der Waals surface area contributed by atoms with Crippen LogP contribution in [0.2, 0.25) is 5.02 Å². The van der Waals surface area contributed by atoms with E-state index in [1.165, 1.54) is 0 Å². The summed E-state index contributed by atoms with van der Waals surface area (Å²) in [6.07, 6.45) is -0.962. The number of thioether (sulfide) groups is 1. The third-order valence-corrected chi connectivity index (χ3v) is 5.98. The molecule has 168 valence electrons. The lowest BCUT2D eigenvalue weighted by Gasteiger charge is -2.14. The van der Waals surface area contributed by atoms with Crippen LogP contribution >= 0.6 is 23.4 Å². The molecular formula is C22H28ClN3O4S. The number of amides is 2. The molecule has 7 nitrogen and oxygen atoms in total. The summed E-state index contributed by atoms with van der Waals surface area (Å²) in [6, 6.07) is 7.51. The third-order valence-electron chi connectivity index (χ3n) is 4.60. The van der Waals surface area contributed by atoms with Crippen LogP contribution in [0.4, 0.5) is 9.59 Å². The number of benzene rings is 1. The predicted octanol–water partition coefficient (Wildman–Crippen LogP) is 5.18. The topological polar surface area (TPSA) is 81.6 Å². The number of hydrogen-bond donors (Lipinski definition) is 2. The molecule has 0 atom stereocenters. The lowest BCUT2D eigenvalue weighted by molar-refractivity contribution is 0.129. The van der Waals surface area contributed by atoms with Gasteiger partial charge in [0.1, 0.15) is 13.2 Å². The Balaban J connectivity index is 1.95. The van der Waals surface area contributed by atoms with Crippen LogP contribution in [0, 0.1) is 0 Å². The van der Waals surface area contributed by atoms with Crippen molar-refractivity contribution < 1.29 is 19.1 Å². The zero-order valence-electron chi connectivity index (χ0n) is 18.2. The number of rotatable bonds is 7. The second-order valence-electron chi connectivity index (χ2n) is 7.87. The first-order valence-electron chi connectivity index (χ1n) is 10.3. The van der Waals surface area contributed by atoms with Gasteiger partial charge >= 0.3 is 12.2 Å². The largest absolute Gasteiger partial charge is 0.445 e.